The molecule has 1 amide bonds. The second kappa shape index (κ2) is 8.31. The fourth-order valence-corrected chi connectivity index (χ4v) is 2.40. The Hall–Kier alpha value is -3.41. The minimum absolute atomic E-state index is 0.121. The zero-order valence-electron chi connectivity index (χ0n) is 15.6. The lowest BCUT2D eigenvalue weighted by molar-refractivity contribution is 0.102. The predicted octanol–water partition coefficient (Wildman–Crippen LogP) is 4.57. The molecular formula is C21H22N4O2. The fraction of sp³-hybridized carbons (Fsp3) is 0.190. The van der Waals surface area contributed by atoms with Gasteiger partial charge in [0.25, 0.3) is 5.91 Å². The number of hydrogen-bond donors (Lipinski definition) is 2. The Morgan fingerprint density at radius 3 is 2.30 bits per heavy atom. The van der Waals surface area contributed by atoms with E-state index >= 15 is 0 Å². The molecule has 3 aromatic rings. The molecule has 0 saturated heterocycles. The highest BCUT2D eigenvalue weighted by Crippen LogP contribution is 2.19. The summed E-state index contributed by atoms with van der Waals surface area (Å²) in [6, 6.07) is 16.7. The summed E-state index contributed by atoms with van der Waals surface area (Å²) in [7, 11) is 0. The molecule has 2 aromatic carbocycles. The highest BCUT2D eigenvalue weighted by atomic mass is 16.5. The zero-order chi connectivity index (χ0) is 19.2. The maximum Gasteiger partial charge on any atom is 0.274 e. The minimum atomic E-state index is -0.287. The number of nitrogens with one attached hydrogen (secondary N) is 2. The van der Waals surface area contributed by atoms with E-state index in [0.717, 1.165) is 22.7 Å². The molecule has 0 saturated carbocycles. The molecule has 0 fully saturated rings. The third-order valence-corrected chi connectivity index (χ3v) is 3.68. The van der Waals surface area contributed by atoms with Gasteiger partial charge in [-0.15, -0.1) is 0 Å². The zero-order valence-corrected chi connectivity index (χ0v) is 15.6. The molecular weight excluding hydrogens is 340 g/mol. The summed E-state index contributed by atoms with van der Waals surface area (Å²) in [6.07, 6.45) is 1.67. The number of rotatable bonds is 6. The summed E-state index contributed by atoms with van der Waals surface area (Å²) in [5, 5.41) is 5.92. The van der Waals surface area contributed by atoms with Crippen LogP contribution in [0.3, 0.4) is 0 Å². The summed E-state index contributed by atoms with van der Waals surface area (Å²) in [5.74, 6) is 0.858. The van der Waals surface area contributed by atoms with Crippen molar-refractivity contribution in [2.75, 3.05) is 10.6 Å². The number of aryl methyl sites for hydroxylation is 1. The Bertz CT molecular complexity index is 906. The molecule has 0 aliphatic rings. The van der Waals surface area contributed by atoms with E-state index in [1.165, 1.54) is 0 Å². The second-order valence-electron chi connectivity index (χ2n) is 6.40. The van der Waals surface area contributed by atoms with Crippen molar-refractivity contribution in [3.63, 3.8) is 0 Å². The SMILES string of the molecule is Cc1ccc(NC(=O)c2ccnc(Nc3ccc(OC(C)C)cc3)n2)cc1. The third-order valence-electron chi connectivity index (χ3n) is 3.68. The molecule has 0 atom stereocenters. The van der Waals surface area contributed by atoms with Crippen LogP contribution in [-0.2, 0) is 0 Å². The number of amides is 1. The van der Waals surface area contributed by atoms with Gasteiger partial charge in [-0.1, -0.05) is 17.7 Å². The maximum atomic E-state index is 12.4. The van der Waals surface area contributed by atoms with Gasteiger partial charge in [0.2, 0.25) is 5.95 Å². The van der Waals surface area contributed by atoms with Crippen molar-refractivity contribution in [2.45, 2.75) is 26.9 Å². The molecule has 138 valence electrons. The molecule has 1 heterocycles. The Labute approximate surface area is 158 Å². The van der Waals surface area contributed by atoms with Crippen molar-refractivity contribution in [1.82, 2.24) is 9.97 Å². The predicted molar refractivity (Wildman–Crippen MR) is 107 cm³/mol. The Morgan fingerprint density at radius 2 is 1.63 bits per heavy atom. The van der Waals surface area contributed by atoms with Crippen LogP contribution in [-0.4, -0.2) is 22.0 Å². The lowest BCUT2D eigenvalue weighted by atomic mass is 10.2. The van der Waals surface area contributed by atoms with Gasteiger partial charge in [-0.05, 0) is 63.2 Å². The molecule has 27 heavy (non-hydrogen) atoms. The van der Waals surface area contributed by atoms with E-state index in [4.69, 9.17) is 4.74 Å². The normalized spacial score (nSPS) is 10.5. The average Bonchev–Trinajstić information content (AvgIpc) is 2.65. The summed E-state index contributed by atoms with van der Waals surface area (Å²) in [6.45, 7) is 5.95. The molecule has 2 N–H and O–H groups in total. The van der Waals surface area contributed by atoms with Gasteiger partial charge in [-0.25, -0.2) is 9.97 Å². The van der Waals surface area contributed by atoms with E-state index < -0.39 is 0 Å². The molecule has 0 aliphatic heterocycles. The highest BCUT2D eigenvalue weighted by molar-refractivity contribution is 6.03. The van der Waals surface area contributed by atoms with Crippen LogP contribution in [0.1, 0.15) is 29.9 Å². The van der Waals surface area contributed by atoms with Crippen molar-refractivity contribution in [3.8, 4) is 5.75 Å². The number of nitrogens with zero attached hydrogens (tertiary/aromatic N) is 2. The lowest BCUT2D eigenvalue weighted by Crippen LogP contribution is -2.14. The molecule has 0 radical (unpaired) electrons. The van der Waals surface area contributed by atoms with Gasteiger partial charge in [0.05, 0.1) is 6.10 Å². The van der Waals surface area contributed by atoms with Gasteiger partial charge in [0, 0.05) is 17.6 Å². The van der Waals surface area contributed by atoms with E-state index in [0.29, 0.717) is 5.95 Å². The summed E-state index contributed by atoms with van der Waals surface area (Å²) < 4.78 is 5.62. The van der Waals surface area contributed by atoms with E-state index in [1.54, 1.807) is 12.3 Å². The van der Waals surface area contributed by atoms with Crippen LogP contribution in [0, 0.1) is 6.92 Å². The number of hydrogen-bond acceptors (Lipinski definition) is 5. The lowest BCUT2D eigenvalue weighted by Gasteiger charge is -2.11. The Kier molecular flexibility index (Phi) is 5.66. The molecule has 6 nitrogen and oxygen atoms in total. The van der Waals surface area contributed by atoms with Crippen LogP contribution >= 0.6 is 0 Å². The van der Waals surface area contributed by atoms with E-state index in [9.17, 15) is 4.79 Å². The topological polar surface area (TPSA) is 76.1 Å². The van der Waals surface area contributed by atoms with Crippen molar-refractivity contribution in [2.24, 2.45) is 0 Å². The van der Waals surface area contributed by atoms with Crippen molar-refractivity contribution < 1.29 is 9.53 Å². The largest absolute Gasteiger partial charge is 0.491 e. The Balaban J connectivity index is 1.67. The number of benzene rings is 2. The van der Waals surface area contributed by atoms with Crippen molar-refractivity contribution in [3.05, 3.63) is 72.1 Å². The molecule has 0 aliphatic carbocycles. The standard InChI is InChI=1S/C21H22N4O2/c1-14(2)27-18-10-8-17(9-11-18)24-21-22-13-12-19(25-21)20(26)23-16-6-4-15(3)5-7-16/h4-14H,1-3H3,(H,23,26)(H,22,24,25). The first-order chi connectivity index (χ1) is 13.0. The van der Waals surface area contributed by atoms with Crippen LogP contribution in [0.4, 0.5) is 17.3 Å². The molecule has 0 unspecified atom stereocenters. The highest BCUT2D eigenvalue weighted by Gasteiger charge is 2.09. The number of ether oxygens (including phenoxy) is 1. The van der Waals surface area contributed by atoms with Crippen molar-refractivity contribution >= 4 is 23.2 Å². The first-order valence-electron chi connectivity index (χ1n) is 8.74. The van der Waals surface area contributed by atoms with Crippen LogP contribution in [0.25, 0.3) is 0 Å². The average molecular weight is 362 g/mol. The van der Waals surface area contributed by atoms with Crippen LogP contribution in [0.5, 0.6) is 5.75 Å². The van der Waals surface area contributed by atoms with Gasteiger partial charge < -0.3 is 15.4 Å². The summed E-state index contributed by atoms with van der Waals surface area (Å²) in [5.41, 5.74) is 2.95. The molecule has 0 spiro atoms. The minimum Gasteiger partial charge on any atom is -0.491 e. The van der Waals surface area contributed by atoms with Crippen LogP contribution in [0.15, 0.2) is 60.8 Å². The summed E-state index contributed by atoms with van der Waals surface area (Å²) >= 11 is 0. The summed E-state index contributed by atoms with van der Waals surface area (Å²) in [4.78, 5) is 20.9. The van der Waals surface area contributed by atoms with E-state index in [2.05, 4.69) is 20.6 Å². The van der Waals surface area contributed by atoms with Crippen molar-refractivity contribution in [1.29, 1.82) is 0 Å². The molecule has 1 aromatic heterocycles. The van der Waals surface area contributed by atoms with Gasteiger partial charge in [0.1, 0.15) is 11.4 Å². The van der Waals surface area contributed by atoms with Gasteiger partial charge in [-0.3, -0.25) is 4.79 Å². The third kappa shape index (κ3) is 5.28. The molecule has 6 heteroatoms. The van der Waals surface area contributed by atoms with E-state index in [-0.39, 0.29) is 17.7 Å². The van der Waals surface area contributed by atoms with Gasteiger partial charge >= 0.3 is 0 Å². The molecule has 0 bridgehead atoms. The second-order valence-corrected chi connectivity index (χ2v) is 6.40. The number of aromatic nitrogens is 2. The van der Waals surface area contributed by atoms with Gasteiger partial charge in [0.15, 0.2) is 0 Å². The first kappa shape index (κ1) is 18.4. The smallest absolute Gasteiger partial charge is 0.274 e. The maximum absolute atomic E-state index is 12.4. The van der Waals surface area contributed by atoms with Crippen LogP contribution < -0.4 is 15.4 Å². The first-order valence-corrected chi connectivity index (χ1v) is 8.74. The van der Waals surface area contributed by atoms with E-state index in [1.807, 2.05) is 69.3 Å². The number of carbonyl (C=O) groups is 1. The molecule has 3 rings (SSSR count). The van der Waals surface area contributed by atoms with Crippen LogP contribution in [0.2, 0.25) is 0 Å². The number of carbonyl (C=O) groups excluding carboxylic acids is 1. The fourth-order valence-electron chi connectivity index (χ4n) is 2.40. The monoisotopic (exact) mass is 362 g/mol. The number of anilines is 3. The quantitative estimate of drug-likeness (QED) is 0.672. The van der Waals surface area contributed by atoms with Gasteiger partial charge in [-0.2, -0.15) is 0 Å². The Morgan fingerprint density at radius 1 is 0.963 bits per heavy atom.